The van der Waals surface area contributed by atoms with Crippen molar-refractivity contribution in [3.8, 4) is 0 Å². The number of rotatable bonds is 6. The van der Waals surface area contributed by atoms with Crippen LogP contribution in [-0.4, -0.2) is 33.3 Å². The third-order valence-electron chi connectivity index (χ3n) is 3.87. The Kier molecular flexibility index (Phi) is 4.31. The molecule has 0 spiro atoms. The number of hydrogen-bond acceptors (Lipinski definition) is 3. The molecule has 0 aliphatic carbocycles. The Hall–Kier alpha value is -0.870. The molecule has 108 valence electrons. The van der Waals surface area contributed by atoms with Gasteiger partial charge in [-0.15, -0.1) is 0 Å². The van der Waals surface area contributed by atoms with Gasteiger partial charge in [-0.25, -0.2) is 4.98 Å². The molecule has 1 aromatic rings. The van der Waals surface area contributed by atoms with Crippen molar-refractivity contribution in [3.05, 3.63) is 18.7 Å². The summed E-state index contributed by atoms with van der Waals surface area (Å²) in [6, 6.07) is 0.454. The van der Waals surface area contributed by atoms with Gasteiger partial charge in [0.15, 0.2) is 0 Å². The Balaban J connectivity index is 1.66. The quantitative estimate of drug-likeness (QED) is 0.804. The fraction of sp³-hybridized carbons (Fsp3) is 0.800. The third-order valence-corrected chi connectivity index (χ3v) is 3.87. The highest BCUT2D eigenvalue weighted by Crippen LogP contribution is 2.37. The number of nitrogens with one attached hydrogen (secondary N) is 1. The molecule has 1 atom stereocenters. The molecule has 1 N–H and O–H groups in total. The van der Waals surface area contributed by atoms with E-state index >= 15 is 0 Å². The van der Waals surface area contributed by atoms with E-state index in [2.05, 4.69) is 42.6 Å². The van der Waals surface area contributed by atoms with Crippen molar-refractivity contribution in [2.45, 2.75) is 70.7 Å². The molecule has 0 aromatic carbocycles. The molecule has 0 radical (unpaired) electrons. The van der Waals surface area contributed by atoms with Crippen molar-refractivity contribution in [1.29, 1.82) is 0 Å². The highest BCUT2D eigenvalue weighted by atomic mass is 16.5. The zero-order valence-electron chi connectivity index (χ0n) is 12.6. The van der Waals surface area contributed by atoms with Crippen LogP contribution in [0.25, 0.3) is 0 Å². The van der Waals surface area contributed by atoms with E-state index in [1.165, 1.54) is 12.8 Å². The Morgan fingerprint density at radius 2 is 2.11 bits per heavy atom. The van der Waals surface area contributed by atoms with Crippen molar-refractivity contribution < 1.29 is 4.74 Å². The monoisotopic (exact) mass is 265 g/mol. The number of nitrogens with zero attached hydrogens (tertiary/aromatic N) is 2. The number of unbranched alkanes of at least 4 members (excludes halogenated alkanes) is 1. The molecule has 0 bridgehead atoms. The van der Waals surface area contributed by atoms with Gasteiger partial charge in [-0.1, -0.05) is 0 Å². The third kappa shape index (κ3) is 4.05. The molecule has 1 aliphatic heterocycles. The second kappa shape index (κ2) is 5.63. The standard InChI is InChI=1S/C15H27N3O/c1-14(2)11-13(15(3,4)19-14)17-7-5-6-9-18-10-8-16-12-18/h8,10,12-13,17H,5-7,9,11H2,1-4H3. The maximum atomic E-state index is 6.09. The summed E-state index contributed by atoms with van der Waals surface area (Å²) in [6.45, 7) is 10.8. The van der Waals surface area contributed by atoms with Crippen molar-refractivity contribution in [1.82, 2.24) is 14.9 Å². The molecule has 4 nitrogen and oxygen atoms in total. The lowest BCUT2D eigenvalue weighted by atomic mass is 9.94. The summed E-state index contributed by atoms with van der Waals surface area (Å²) >= 11 is 0. The Bertz CT molecular complexity index is 384. The maximum absolute atomic E-state index is 6.09. The van der Waals surface area contributed by atoms with Crippen molar-refractivity contribution >= 4 is 0 Å². The maximum Gasteiger partial charge on any atom is 0.0945 e. The predicted octanol–water partition coefficient (Wildman–Crippen LogP) is 2.60. The first-order valence-corrected chi connectivity index (χ1v) is 7.28. The van der Waals surface area contributed by atoms with E-state index in [4.69, 9.17) is 4.74 Å². The van der Waals surface area contributed by atoms with Crippen LogP contribution < -0.4 is 5.32 Å². The smallest absolute Gasteiger partial charge is 0.0945 e. The zero-order valence-corrected chi connectivity index (χ0v) is 12.6. The van der Waals surface area contributed by atoms with Crippen molar-refractivity contribution in [3.63, 3.8) is 0 Å². The number of aromatic nitrogens is 2. The van der Waals surface area contributed by atoms with E-state index in [9.17, 15) is 0 Å². The molecule has 0 saturated carbocycles. The molecular formula is C15H27N3O. The molecule has 1 aliphatic rings. The van der Waals surface area contributed by atoms with Crippen molar-refractivity contribution in [2.75, 3.05) is 6.54 Å². The van der Waals surface area contributed by atoms with Crippen LogP contribution in [0.3, 0.4) is 0 Å². The lowest BCUT2D eigenvalue weighted by Crippen LogP contribution is -2.43. The van der Waals surface area contributed by atoms with Crippen LogP contribution in [0.4, 0.5) is 0 Å². The molecule has 19 heavy (non-hydrogen) atoms. The van der Waals surface area contributed by atoms with E-state index in [0.29, 0.717) is 6.04 Å². The van der Waals surface area contributed by atoms with Gasteiger partial charge in [0.2, 0.25) is 0 Å². The van der Waals surface area contributed by atoms with Crippen LogP contribution in [-0.2, 0) is 11.3 Å². The zero-order chi connectivity index (χ0) is 13.9. The summed E-state index contributed by atoms with van der Waals surface area (Å²) < 4.78 is 8.22. The molecule has 2 heterocycles. The van der Waals surface area contributed by atoms with E-state index < -0.39 is 0 Å². The Morgan fingerprint density at radius 1 is 1.32 bits per heavy atom. The van der Waals surface area contributed by atoms with E-state index in [-0.39, 0.29) is 11.2 Å². The SMILES string of the molecule is CC1(C)CC(NCCCCn2ccnc2)C(C)(C)O1. The Morgan fingerprint density at radius 3 is 2.68 bits per heavy atom. The average molecular weight is 265 g/mol. The lowest BCUT2D eigenvalue weighted by molar-refractivity contribution is -0.0697. The summed E-state index contributed by atoms with van der Waals surface area (Å²) in [6.07, 6.45) is 9.18. The van der Waals surface area contributed by atoms with E-state index in [1.54, 1.807) is 0 Å². The average Bonchev–Trinajstić information content (AvgIpc) is 2.84. The number of hydrogen-bond donors (Lipinski definition) is 1. The number of aryl methyl sites for hydroxylation is 1. The van der Waals surface area contributed by atoms with Crippen LogP contribution in [0.1, 0.15) is 47.0 Å². The molecule has 4 heteroatoms. The van der Waals surface area contributed by atoms with Gasteiger partial charge in [-0.05, 0) is 53.5 Å². The van der Waals surface area contributed by atoms with Gasteiger partial charge in [-0.2, -0.15) is 0 Å². The Labute approximate surface area is 116 Å². The minimum absolute atomic E-state index is 0.00201. The van der Waals surface area contributed by atoms with Crippen LogP contribution in [0, 0.1) is 0 Å². The summed E-state index contributed by atoms with van der Waals surface area (Å²) in [5.41, 5.74) is -0.0637. The predicted molar refractivity (Wildman–Crippen MR) is 77.1 cm³/mol. The highest BCUT2D eigenvalue weighted by Gasteiger charge is 2.45. The largest absolute Gasteiger partial charge is 0.368 e. The van der Waals surface area contributed by atoms with Gasteiger partial charge >= 0.3 is 0 Å². The van der Waals surface area contributed by atoms with Gasteiger partial charge in [0.1, 0.15) is 0 Å². The first kappa shape index (κ1) is 14.5. The first-order chi connectivity index (χ1) is 8.89. The lowest BCUT2D eigenvalue weighted by Gasteiger charge is -2.27. The molecule has 1 fully saturated rings. The van der Waals surface area contributed by atoms with E-state index in [1.807, 2.05) is 18.7 Å². The normalized spacial score (nSPS) is 24.7. The molecule has 1 saturated heterocycles. The van der Waals surface area contributed by atoms with E-state index in [0.717, 1.165) is 19.5 Å². The van der Waals surface area contributed by atoms with Crippen LogP contribution >= 0.6 is 0 Å². The van der Waals surface area contributed by atoms with Crippen LogP contribution in [0.5, 0.6) is 0 Å². The summed E-state index contributed by atoms with van der Waals surface area (Å²) in [7, 11) is 0. The summed E-state index contributed by atoms with van der Waals surface area (Å²) in [4.78, 5) is 4.05. The molecule has 1 unspecified atom stereocenters. The first-order valence-electron chi connectivity index (χ1n) is 7.28. The van der Waals surface area contributed by atoms with Crippen LogP contribution in [0.2, 0.25) is 0 Å². The minimum Gasteiger partial charge on any atom is -0.368 e. The van der Waals surface area contributed by atoms with Gasteiger partial charge in [0, 0.05) is 25.0 Å². The minimum atomic E-state index is -0.0617. The summed E-state index contributed by atoms with van der Waals surface area (Å²) in [5.74, 6) is 0. The second-order valence-corrected chi connectivity index (χ2v) is 6.68. The molecule has 1 aromatic heterocycles. The van der Waals surface area contributed by atoms with Gasteiger partial charge < -0.3 is 14.6 Å². The van der Waals surface area contributed by atoms with Gasteiger partial charge in [-0.3, -0.25) is 0 Å². The van der Waals surface area contributed by atoms with Crippen LogP contribution in [0.15, 0.2) is 18.7 Å². The van der Waals surface area contributed by atoms with Gasteiger partial charge in [0.25, 0.3) is 0 Å². The van der Waals surface area contributed by atoms with Crippen molar-refractivity contribution in [2.24, 2.45) is 0 Å². The molecule has 2 rings (SSSR count). The number of imidazole rings is 1. The number of ether oxygens (including phenoxy) is 1. The fourth-order valence-corrected chi connectivity index (χ4v) is 2.99. The molecular weight excluding hydrogens is 238 g/mol. The fourth-order valence-electron chi connectivity index (χ4n) is 2.99. The topological polar surface area (TPSA) is 39.1 Å². The highest BCUT2D eigenvalue weighted by molar-refractivity contribution is 4.98. The second-order valence-electron chi connectivity index (χ2n) is 6.68. The molecule has 0 amide bonds. The van der Waals surface area contributed by atoms with Gasteiger partial charge in [0.05, 0.1) is 17.5 Å². The summed E-state index contributed by atoms with van der Waals surface area (Å²) in [5, 5.41) is 3.66.